The number of anilines is 1. The Morgan fingerprint density at radius 2 is 1.97 bits per heavy atom. The van der Waals surface area contributed by atoms with Gasteiger partial charge in [0.2, 0.25) is 21.9 Å². The minimum absolute atomic E-state index is 0.0980. The van der Waals surface area contributed by atoms with E-state index in [1.807, 2.05) is 24.8 Å². The van der Waals surface area contributed by atoms with Gasteiger partial charge >= 0.3 is 0 Å². The summed E-state index contributed by atoms with van der Waals surface area (Å²) in [4.78, 5) is 40.2. The highest BCUT2D eigenvalue weighted by Gasteiger charge is 2.25. The summed E-state index contributed by atoms with van der Waals surface area (Å²) < 4.78 is 24.6. The molecule has 0 saturated carbocycles. The Morgan fingerprint density at radius 1 is 1.30 bits per heavy atom. The molecule has 0 bridgehead atoms. The number of pyridine rings is 1. The number of hydrogen-bond donors (Lipinski definition) is 2. The van der Waals surface area contributed by atoms with Crippen LogP contribution in [0.15, 0.2) is 17.1 Å². The number of sulfonamides is 1. The lowest BCUT2D eigenvalue weighted by Crippen LogP contribution is -2.43. The summed E-state index contributed by atoms with van der Waals surface area (Å²) in [5, 5.41) is 0.453. The predicted octanol–water partition coefficient (Wildman–Crippen LogP) is 0.420. The minimum atomic E-state index is -3.40. The standard InChI is InChI=1S/C19H28N6O4S/c1-4-24(5-2)19-20-11-14-16(23-19)10-15(22-18(14)27)13-6-8-25(9-7-13)17(26)12-21-30(3,28)29/h10-11,13,21H,4-9,12H2,1-3H3,(H,22,27). The van der Waals surface area contributed by atoms with Gasteiger partial charge in [-0.15, -0.1) is 0 Å². The molecule has 1 aliphatic rings. The molecule has 30 heavy (non-hydrogen) atoms. The van der Waals surface area contributed by atoms with Gasteiger partial charge in [-0.05, 0) is 32.8 Å². The molecule has 0 radical (unpaired) electrons. The molecule has 1 fully saturated rings. The number of H-pyrrole nitrogens is 1. The monoisotopic (exact) mass is 436 g/mol. The largest absolute Gasteiger partial charge is 0.342 e. The van der Waals surface area contributed by atoms with Crippen LogP contribution in [0.25, 0.3) is 10.9 Å². The maximum absolute atomic E-state index is 12.5. The molecular weight excluding hydrogens is 408 g/mol. The SMILES string of the molecule is CCN(CC)c1ncc2c(=O)[nH]c(C3CCN(C(=O)CNS(C)(=O)=O)CC3)cc2n1. The normalized spacial score (nSPS) is 15.5. The number of rotatable bonds is 7. The second-order valence-corrected chi connectivity index (χ2v) is 9.28. The molecule has 1 amide bonds. The average molecular weight is 437 g/mol. The molecule has 0 aromatic carbocycles. The van der Waals surface area contributed by atoms with E-state index >= 15 is 0 Å². The maximum atomic E-state index is 12.5. The molecule has 0 spiro atoms. The van der Waals surface area contributed by atoms with E-state index in [1.54, 1.807) is 11.1 Å². The van der Waals surface area contributed by atoms with Gasteiger partial charge in [-0.1, -0.05) is 0 Å². The number of aromatic amines is 1. The number of aromatic nitrogens is 3. The minimum Gasteiger partial charge on any atom is -0.342 e. The quantitative estimate of drug-likeness (QED) is 0.644. The first-order chi connectivity index (χ1) is 14.2. The summed E-state index contributed by atoms with van der Waals surface area (Å²) in [6.07, 6.45) is 3.95. The van der Waals surface area contributed by atoms with Gasteiger partial charge in [0.05, 0.1) is 23.7 Å². The van der Waals surface area contributed by atoms with Crippen LogP contribution in [0.5, 0.6) is 0 Å². The van der Waals surface area contributed by atoms with E-state index in [0.29, 0.717) is 42.8 Å². The number of likely N-dealkylation sites (tertiary alicyclic amines) is 1. The fraction of sp³-hybridized carbons (Fsp3) is 0.579. The maximum Gasteiger partial charge on any atom is 0.259 e. The summed E-state index contributed by atoms with van der Waals surface area (Å²) in [6.45, 7) is 6.38. The van der Waals surface area contributed by atoms with Gasteiger partial charge in [0.15, 0.2) is 0 Å². The molecule has 1 aliphatic heterocycles. The van der Waals surface area contributed by atoms with Crippen molar-refractivity contribution in [3.05, 3.63) is 28.3 Å². The molecule has 164 valence electrons. The number of nitrogens with zero attached hydrogens (tertiary/aromatic N) is 4. The number of amides is 1. The van der Waals surface area contributed by atoms with Crippen LogP contribution in [0, 0.1) is 0 Å². The number of hydrogen-bond acceptors (Lipinski definition) is 7. The van der Waals surface area contributed by atoms with Gasteiger partial charge in [-0.2, -0.15) is 0 Å². The molecule has 3 rings (SSSR count). The van der Waals surface area contributed by atoms with Crippen molar-refractivity contribution in [1.82, 2.24) is 24.6 Å². The van der Waals surface area contributed by atoms with Crippen LogP contribution in [-0.4, -0.2) is 73.2 Å². The molecule has 0 atom stereocenters. The first-order valence-corrected chi connectivity index (χ1v) is 12.0. The lowest BCUT2D eigenvalue weighted by Gasteiger charge is -2.32. The highest BCUT2D eigenvalue weighted by Crippen LogP contribution is 2.27. The van der Waals surface area contributed by atoms with Gasteiger partial charge in [-0.3, -0.25) is 9.59 Å². The topological polar surface area (TPSA) is 128 Å². The van der Waals surface area contributed by atoms with Crippen molar-refractivity contribution in [3.8, 4) is 0 Å². The van der Waals surface area contributed by atoms with Gasteiger partial charge in [0.1, 0.15) is 0 Å². The van der Waals surface area contributed by atoms with E-state index in [0.717, 1.165) is 25.0 Å². The van der Waals surface area contributed by atoms with E-state index in [2.05, 4.69) is 19.7 Å². The number of fused-ring (bicyclic) bond motifs is 1. The zero-order valence-corrected chi connectivity index (χ0v) is 18.3. The van der Waals surface area contributed by atoms with Gasteiger partial charge in [0.25, 0.3) is 5.56 Å². The summed E-state index contributed by atoms with van der Waals surface area (Å²) in [5.74, 6) is 0.450. The van der Waals surface area contributed by atoms with Crippen LogP contribution in [0.3, 0.4) is 0 Å². The van der Waals surface area contributed by atoms with Crippen LogP contribution in [-0.2, 0) is 14.8 Å². The second-order valence-electron chi connectivity index (χ2n) is 7.44. The van der Waals surface area contributed by atoms with Crippen molar-refractivity contribution in [2.24, 2.45) is 0 Å². The fourth-order valence-electron chi connectivity index (χ4n) is 3.68. The molecule has 0 unspecified atom stereocenters. The first-order valence-electron chi connectivity index (χ1n) is 10.1. The van der Waals surface area contributed by atoms with Crippen molar-refractivity contribution in [3.63, 3.8) is 0 Å². The number of nitrogens with one attached hydrogen (secondary N) is 2. The van der Waals surface area contributed by atoms with E-state index in [-0.39, 0.29) is 23.9 Å². The summed E-state index contributed by atoms with van der Waals surface area (Å²) in [6, 6.07) is 1.90. The zero-order valence-electron chi connectivity index (χ0n) is 17.5. The molecule has 1 saturated heterocycles. The molecule has 3 heterocycles. The highest BCUT2D eigenvalue weighted by atomic mass is 32.2. The van der Waals surface area contributed by atoms with Crippen LogP contribution in [0.2, 0.25) is 0 Å². The predicted molar refractivity (Wildman–Crippen MR) is 115 cm³/mol. The van der Waals surface area contributed by atoms with Crippen molar-refractivity contribution in [1.29, 1.82) is 0 Å². The van der Waals surface area contributed by atoms with Gasteiger partial charge in [0, 0.05) is 44.0 Å². The Morgan fingerprint density at radius 3 is 2.57 bits per heavy atom. The van der Waals surface area contributed by atoms with Crippen molar-refractivity contribution in [2.45, 2.75) is 32.6 Å². The third-order valence-corrected chi connectivity index (χ3v) is 6.09. The molecule has 2 N–H and O–H groups in total. The van der Waals surface area contributed by atoms with E-state index in [9.17, 15) is 18.0 Å². The van der Waals surface area contributed by atoms with Crippen molar-refractivity contribution < 1.29 is 13.2 Å². The Balaban J connectivity index is 1.74. The third-order valence-electron chi connectivity index (χ3n) is 5.42. The van der Waals surface area contributed by atoms with Crippen LogP contribution in [0.1, 0.15) is 38.3 Å². The van der Waals surface area contributed by atoms with E-state index in [1.165, 1.54) is 0 Å². The first kappa shape index (κ1) is 22.2. The van der Waals surface area contributed by atoms with E-state index < -0.39 is 10.0 Å². The Hall–Kier alpha value is -2.53. The Kier molecular flexibility index (Phi) is 6.71. The van der Waals surface area contributed by atoms with Gasteiger partial charge < -0.3 is 14.8 Å². The third kappa shape index (κ3) is 5.14. The number of carbonyl (C=O) groups is 1. The molecular formula is C19H28N6O4S. The summed E-state index contributed by atoms with van der Waals surface area (Å²) in [7, 11) is -3.40. The van der Waals surface area contributed by atoms with Crippen LogP contribution in [0.4, 0.5) is 5.95 Å². The molecule has 0 aliphatic carbocycles. The highest BCUT2D eigenvalue weighted by molar-refractivity contribution is 7.88. The number of piperidine rings is 1. The van der Waals surface area contributed by atoms with Crippen molar-refractivity contribution >= 4 is 32.8 Å². The Bertz CT molecular complexity index is 1070. The zero-order chi connectivity index (χ0) is 21.9. The summed E-state index contributed by atoms with van der Waals surface area (Å²) >= 11 is 0. The van der Waals surface area contributed by atoms with Crippen molar-refractivity contribution in [2.75, 3.05) is 43.9 Å². The Labute approximate surface area is 175 Å². The fourth-order valence-corrected chi connectivity index (χ4v) is 4.06. The van der Waals surface area contributed by atoms with E-state index in [4.69, 9.17) is 0 Å². The average Bonchev–Trinajstić information content (AvgIpc) is 2.72. The molecule has 2 aromatic rings. The lowest BCUT2D eigenvalue weighted by atomic mass is 9.92. The number of carbonyl (C=O) groups excluding carboxylic acids is 1. The molecule has 2 aromatic heterocycles. The van der Waals surface area contributed by atoms with Gasteiger partial charge in [-0.25, -0.2) is 23.1 Å². The summed E-state index contributed by atoms with van der Waals surface area (Å²) in [5.41, 5.74) is 1.20. The second kappa shape index (κ2) is 9.09. The lowest BCUT2D eigenvalue weighted by molar-refractivity contribution is -0.131. The smallest absolute Gasteiger partial charge is 0.259 e. The van der Waals surface area contributed by atoms with Crippen LogP contribution >= 0.6 is 0 Å². The molecule has 10 nitrogen and oxygen atoms in total. The van der Waals surface area contributed by atoms with Crippen LogP contribution < -0.4 is 15.2 Å². The molecule has 11 heteroatoms.